The molecular weight excluding hydrogens is 402 g/mol. The largest absolute Gasteiger partial charge is 0.495 e. The van der Waals surface area contributed by atoms with Gasteiger partial charge in [0, 0.05) is 10.7 Å². The summed E-state index contributed by atoms with van der Waals surface area (Å²) in [6.07, 6.45) is -10.0. The Kier molecular flexibility index (Phi) is 5.79. The van der Waals surface area contributed by atoms with Crippen LogP contribution in [0.3, 0.4) is 0 Å². The molecule has 0 unspecified atom stereocenters. The average Bonchev–Trinajstić information content (AvgIpc) is 2.53. The molecule has 0 heterocycles. The van der Waals surface area contributed by atoms with Crippen LogP contribution in [0.4, 0.5) is 42.5 Å². The van der Waals surface area contributed by atoms with Crippen molar-refractivity contribution >= 4 is 29.0 Å². The monoisotopic (exact) mass is 412 g/mol. The Labute approximate surface area is 154 Å². The van der Waals surface area contributed by atoms with E-state index in [9.17, 15) is 31.1 Å². The van der Waals surface area contributed by atoms with Crippen molar-refractivity contribution in [1.29, 1.82) is 0 Å². The van der Waals surface area contributed by atoms with Crippen LogP contribution >= 0.6 is 11.6 Å². The van der Waals surface area contributed by atoms with Crippen molar-refractivity contribution in [2.45, 2.75) is 12.4 Å². The number of nitrogens with one attached hydrogen (secondary N) is 2. The number of rotatable bonds is 3. The van der Waals surface area contributed by atoms with Gasteiger partial charge in [-0.1, -0.05) is 11.6 Å². The van der Waals surface area contributed by atoms with Crippen molar-refractivity contribution in [3.8, 4) is 5.75 Å². The van der Waals surface area contributed by atoms with Crippen molar-refractivity contribution < 1.29 is 35.9 Å². The van der Waals surface area contributed by atoms with Crippen LogP contribution in [0.1, 0.15) is 11.1 Å². The van der Waals surface area contributed by atoms with E-state index in [0.29, 0.717) is 12.1 Å². The summed E-state index contributed by atoms with van der Waals surface area (Å²) in [5, 5.41) is 4.41. The molecular formula is C16H11ClF6N2O2. The lowest BCUT2D eigenvalue weighted by Gasteiger charge is -2.15. The quantitative estimate of drug-likeness (QED) is 0.605. The lowest BCUT2D eigenvalue weighted by Crippen LogP contribution is -2.21. The zero-order chi connectivity index (χ0) is 20.4. The summed E-state index contributed by atoms with van der Waals surface area (Å²) in [5.41, 5.74) is -3.71. The minimum absolute atomic E-state index is 0.0386. The van der Waals surface area contributed by atoms with E-state index in [1.807, 2.05) is 5.32 Å². The number of alkyl halides is 6. The summed E-state index contributed by atoms with van der Waals surface area (Å²) in [4.78, 5) is 12.0. The maximum Gasteiger partial charge on any atom is 0.416 e. The molecule has 0 radical (unpaired) electrons. The molecule has 0 aliphatic heterocycles. The van der Waals surface area contributed by atoms with Crippen LogP contribution in [0, 0.1) is 0 Å². The average molecular weight is 413 g/mol. The number of amides is 2. The molecule has 0 spiro atoms. The van der Waals surface area contributed by atoms with E-state index in [-0.39, 0.29) is 22.5 Å². The summed E-state index contributed by atoms with van der Waals surface area (Å²) in [5.74, 6) is 0.189. The maximum absolute atomic E-state index is 12.8. The highest BCUT2D eigenvalue weighted by Crippen LogP contribution is 2.37. The molecule has 2 aromatic carbocycles. The van der Waals surface area contributed by atoms with Gasteiger partial charge in [-0.3, -0.25) is 0 Å². The summed E-state index contributed by atoms with van der Waals surface area (Å²) >= 11 is 5.78. The van der Waals surface area contributed by atoms with Crippen LogP contribution in [0.15, 0.2) is 36.4 Å². The highest BCUT2D eigenvalue weighted by Gasteiger charge is 2.37. The van der Waals surface area contributed by atoms with Crippen molar-refractivity contribution in [1.82, 2.24) is 0 Å². The number of anilines is 2. The number of carbonyl (C=O) groups excluding carboxylic acids is 1. The lowest BCUT2D eigenvalue weighted by atomic mass is 10.1. The molecule has 27 heavy (non-hydrogen) atoms. The maximum atomic E-state index is 12.8. The molecule has 2 N–H and O–H groups in total. The molecule has 0 aromatic heterocycles. The molecule has 4 nitrogen and oxygen atoms in total. The van der Waals surface area contributed by atoms with E-state index < -0.39 is 35.2 Å². The van der Waals surface area contributed by atoms with E-state index in [0.717, 1.165) is 0 Å². The van der Waals surface area contributed by atoms with Gasteiger partial charge < -0.3 is 15.4 Å². The normalized spacial score (nSPS) is 11.9. The van der Waals surface area contributed by atoms with Crippen LogP contribution in [0.25, 0.3) is 0 Å². The lowest BCUT2D eigenvalue weighted by molar-refractivity contribution is -0.143. The number of urea groups is 1. The highest BCUT2D eigenvalue weighted by atomic mass is 35.5. The number of methoxy groups -OCH3 is 1. The predicted octanol–water partition coefficient (Wildman–Crippen LogP) is 6.03. The van der Waals surface area contributed by atoms with Crippen LogP contribution in [0.2, 0.25) is 5.02 Å². The molecule has 2 rings (SSSR count). The number of benzene rings is 2. The van der Waals surface area contributed by atoms with Gasteiger partial charge in [-0.2, -0.15) is 26.3 Å². The van der Waals surface area contributed by atoms with Gasteiger partial charge in [0.25, 0.3) is 0 Å². The Bertz CT molecular complexity index is 820. The minimum atomic E-state index is -5.02. The highest BCUT2D eigenvalue weighted by molar-refractivity contribution is 6.31. The molecule has 0 aliphatic rings. The van der Waals surface area contributed by atoms with Crippen molar-refractivity contribution in [2.75, 3.05) is 17.7 Å². The minimum Gasteiger partial charge on any atom is -0.495 e. The Morgan fingerprint density at radius 1 is 0.926 bits per heavy atom. The van der Waals surface area contributed by atoms with Crippen molar-refractivity contribution in [3.05, 3.63) is 52.5 Å². The second-order valence-corrected chi connectivity index (χ2v) is 5.65. The first kappa shape index (κ1) is 20.7. The Balaban J connectivity index is 2.31. The van der Waals surface area contributed by atoms with Crippen LogP contribution in [0.5, 0.6) is 5.75 Å². The molecule has 0 bridgehead atoms. The first-order valence-corrected chi connectivity index (χ1v) is 7.49. The van der Waals surface area contributed by atoms with Gasteiger partial charge in [-0.15, -0.1) is 0 Å². The summed E-state index contributed by atoms with van der Waals surface area (Å²) in [6.45, 7) is 0. The molecule has 0 saturated heterocycles. The number of carbonyl (C=O) groups is 1. The molecule has 2 aromatic rings. The predicted molar refractivity (Wildman–Crippen MR) is 87.1 cm³/mol. The van der Waals surface area contributed by atoms with E-state index in [2.05, 4.69) is 5.32 Å². The zero-order valence-electron chi connectivity index (χ0n) is 13.4. The van der Waals surface area contributed by atoms with E-state index in [1.54, 1.807) is 0 Å². The molecule has 11 heteroatoms. The van der Waals surface area contributed by atoms with E-state index >= 15 is 0 Å². The first-order chi connectivity index (χ1) is 12.4. The van der Waals surface area contributed by atoms with Crippen LogP contribution in [-0.4, -0.2) is 13.1 Å². The van der Waals surface area contributed by atoms with Gasteiger partial charge >= 0.3 is 18.4 Å². The third-order valence-corrected chi connectivity index (χ3v) is 3.49. The number of halogens is 7. The SMILES string of the molecule is COc1ccc(Cl)cc1NC(=O)Nc1cc(C(F)(F)F)cc(C(F)(F)F)c1. The smallest absolute Gasteiger partial charge is 0.416 e. The topological polar surface area (TPSA) is 50.4 Å². The Hall–Kier alpha value is -2.62. The molecule has 0 saturated carbocycles. The summed E-state index contributed by atoms with van der Waals surface area (Å²) < 4.78 is 82.0. The molecule has 0 atom stereocenters. The fourth-order valence-electron chi connectivity index (χ4n) is 2.09. The van der Waals surface area contributed by atoms with Crippen molar-refractivity contribution in [2.24, 2.45) is 0 Å². The molecule has 0 aliphatic carbocycles. The fraction of sp³-hybridized carbons (Fsp3) is 0.188. The zero-order valence-corrected chi connectivity index (χ0v) is 14.2. The second kappa shape index (κ2) is 7.55. The standard InChI is InChI=1S/C16H11ClF6N2O2/c1-27-13-3-2-10(17)7-12(13)25-14(26)24-11-5-8(15(18,19)20)4-9(6-11)16(21,22)23/h2-7H,1H3,(H2,24,25,26). The number of hydrogen-bond donors (Lipinski definition) is 2. The fourth-order valence-corrected chi connectivity index (χ4v) is 2.26. The van der Waals surface area contributed by atoms with Gasteiger partial charge in [-0.05, 0) is 36.4 Å². The second-order valence-electron chi connectivity index (χ2n) is 5.22. The van der Waals surface area contributed by atoms with Crippen LogP contribution in [-0.2, 0) is 12.4 Å². The van der Waals surface area contributed by atoms with Crippen LogP contribution < -0.4 is 15.4 Å². The third kappa shape index (κ3) is 5.43. The van der Waals surface area contributed by atoms with Gasteiger partial charge in [0.05, 0.1) is 23.9 Å². The van der Waals surface area contributed by atoms with E-state index in [1.165, 1.54) is 25.3 Å². The van der Waals surface area contributed by atoms with Gasteiger partial charge in [0.15, 0.2) is 0 Å². The first-order valence-electron chi connectivity index (χ1n) is 7.11. The number of hydrogen-bond acceptors (Lipinski definition) is 2. The van der Waals surface area contributed by atoms with Gasteiger partial charge in [0.1, 0.15) is 5.75 Å². The third-order valence-electron chi connectivity index (χ3n) is 3.26. The van der Waals surface area contributed by atoms with E-state index in [4.69, 9.17) is 16.3 Å². The van der Waals surface area contributed by atoms with Gasteiger partial charge in [-0.25, -0.2) is 4.79 Å². The van der Waals surface area contributed by atoms with Crippen molar-refractivity contribution in [3.63, 3.8) is 0 Å². The molecule has 0 fully saturated rings. The summed E-state index contributed by atoms with van der Waals surface area (Å²) in [6, 6.07) is 3.85. The Morgan fingerprint density at radius 2 is 1.48 bits per heavy atom. The number of ether oxygens (including phenoxy) is 1. The molecule has 2 amide bonds. The summed E-state index contributed by atoms with van der Waals surface area (Å²) in [7, 11) is 1.30. The molecule has 146 valence electrons. The Morgan fingerprint density at radius 3 is 1.96 bits per heavy atom. The van der Waals surface area contributed by atoms with Gasteiger partial charge in [0.2, 0.25) is 0 Å².